The van der Waals surface area contributed by atoms with Gasteiger partial charge in [0.15, 0.2) is 0 Å². The molecule has 4 nitrogen and oxygen atoms in total. The molecule has 0 bridgehead atoms. The first-order chi connectivity index (χ1) is 8.13. The SMILES string of the molecule is CCCNCc1cn(CCOC(C)C)nc1C. The highest BCUT2D eigenvalue weighted by atomic mass is 16.5. The number of hydrogen-bond donors (Lipinski definition) is 1. The van der Waals surface area contributed by atoms with Crippen molar-refractivity contribution in [1.82, 2.24) is 15.1 Å². The van der Waals surface area contributed by atoms with Crippen LogP contribution in [0.1, 0.15) is 38.4 Å². The summed E-state index contributed by atoms with van der Waals surface area (Å²) in [6, 6.07) is 0. The standard InChI is InChI=1S/C13H25N3O/c1-5-6-14-9-13-10-16(15-12(13)4)7-8-17-11(2)3/h10-11,14H,5-9H2,1-4H3. The van der Waals surface area contributed by atoms with Crippen molar-refractivity contribution in [2.45, 2.75) is 53.3 Å². The van der Waals surface area contributed by atoms with Gasteiger partial charge in [0, 0.05) is 18.3 Å². The predicted molar refractivity (Wildman–Crippen MR) is 70.0 cm³/mol. The van der Waals surface area contributed by atoms with Crippen LogP contribution in [0.25, 0.3) is 0 Å². The van der Waals surface area contributed by atoms with Crippen molar-refractivity contribution < 1.29 is 4.74 Å². The fraction of sp³-hybridized carbons (Fsp3) is 0.769. The van der Waals surface area contributed by atoms with E-state index in [-0.39, 0.29) is 6.10 Å². The zero-order valence-electron chi connectivity index (χ0n) is 11.5. The number of aryl methyl sites for hydroxylation is 1. The second-order valence-corrected chi connectivity index (χ2v) is 4.60. The lowest BCUT2D eigenvalue weighted by atomic mass is 10.2. The molecule has 0 aliphatic heterocycles. The largest absolute Gasteiger partial charge is 0.377 e. The average Bonchev–Trinajstić information content (AvgIpc) is 2.59. The van der Waals surface area contributed by atoms with Crippen LogP contribution in [0.15, 0.2) is 6.20 Å². The van der Waals surface area contributed by atoms with Gasteiger partial charge in [-0.25, -0.2) is 0 Å². The van der Waals surface area contributed by atoms with E-state index >= 15 is 0 Å². The second kappa shape index (κ2) is 7.45. The zero-order chi connectivity index (χ0) is 12.7. The van der Waals surface area contributed by atoms with Gasteiger partial charge in [-0.2, -0.15) is 5.10 Å². The maximum absolute atomic E-state index is 5.52. The lowest BCUT2D eigenvalue weighted by Gasteiger charge is -2.06. The second-order valence-electron chi connectivity index (χ2n) is 4.60. The Kier molecular flexibility index (Phi) is 6.22. The molecule has 0 aromatic carbocycles. The molecule has 0 aliphatic carbocycles. The molecule has 1 aromatic rings. The number of ether oxygens (including phenoxy) is 1. The van der Waals surface area contributed by atoms with Crippen molar-refractivity contribution >= 4 is 0 Å². The smallest absolute Gasteiger partial charge is 0.0666 e. The summed E-state index contributed by atoms with van der Waals surface area (Å²) in [5, 5.41) is 7.88. The fourth-order valence-corrected chi connectivity index (χ4v) is 1.63. The van der Waals surface area contributed by atoms with Crippen molar-refractivity contribution in [3.63, 3.8) is 0 Å². The van der Waals surface area contributed by atoms with E-state index in [1.165, 1.54) is 5.56 Å². The van der Waals surface area contributed by atoms with Gasteiger partial charge in [-0.05, 0) is 33.7 Å². The molecule has 4 heteroatoms. The Morgan fingerprint density at radius 1 is 1.47 bits per heavy atom. The van der Waals surface area contributed by atoms with Crippen molar-refractivity contribution in [1.29, 1.82) is 0 Å². The van der Waals surface area contributed by atoms with E-state index in [4.69, 9.17) is 4.74 Å². The summed E-state index contributed by atoms with van der Waals surface area (Å²) in [6.45, 7) is 11.8. The summed E-state index contributed by atoms with van der Waals surface area (Å²) >= 11 is 0. The van der Waals surface area contributed by atoms with E-state index in [9.17, 15) is 0 Å². The van der Waals surface area contributed by atoms with E-state index < -0.39 is 0 Å². The average molecular weight is 239 g/mol. The molecule has 0 unspecified atom stereocenters. The number of nitrogens with one attached hydrogen (secondary N) is 1. The van der Waals surface area contributed by atoms with Gasteiger partial charge in [-0.15, -0.1) is 0 Å². The Balaban J connectivity index is 2.38. The Morgan fingerprint density at radius 2 is 2.24 bits per heavy atom. The highest BCUT2D eigenvalue weighted by molar-refractivity contribution is 5.14. The molecule has 98 valence electrons. The Bertz CT molecular complexity index is 320. The summed E-state index contributed by atoms with van der Waals surface area (Å²) in [6.07, 6.45) is 3.56. The minimum absolute atomic E-state index is 0.289. The van der Waals surface area contributed by atoms with Crippen LogP contribution >= 0.6 is 0 Å². The third-order valence-electron chi connectivity index (χ3n) is 2.56. The molecule has 0 spiro atoms. The minimum Gasteiger partial charge on any atom is -0.377 e. The van der Waals surface area contributed by atoms with E-state index in [1.54, 1.807) is 0 Å². The zero-order valence-corrected chi connectivity index (χ0v) is 11.5. The maximum atomic E-state index is 5.52. The van der Waals surface area contributed by atoms with E-state index in [0.717, 1.165) is 38.4 Å². The maximum Gasteiger partial charge on any atom is 0.0666 e. The molecule has 17 heavy (non-hydrogen) atoms. The Hall–Kier alpha value is -0.870. The first-order valence-corrected chi connectivity index (χ1v) is 6.48. The molecule has 0 aliphatic rings. The minimum atomic E-state index is 0.289. The molecule has 1 rings (SSSR count). The van der Waals surface area contributed by atoms with E-state index in [2.05, 4.69) is 44.3 Å². The normalized spacial score (nSPS) is 11.4. The van der Waals surface area contributed by atoms with Gasteiger partial charge in [-0.1, -0.05) is 6.92 Å². The summed E-state index contributed by atoms with van der Waals surface area (Å²) in [7, 11) is 0. The van der Waals surface area contributed by atoms with Gasteiger partial charge in [0.25, 0.3) is 0 Å². The van der Waals surface area contributed by atoms with Gasteiger partial charge in [0.2, 0.25) is 0 Å². The van der Waals surface area contributed by atoms with Crippen molar-refractivity contribution in [2.75, 3.05) is 13.2 Å². The van der Waals surface area contributed by atoms with Crippen LogP contribution < -0.4 is 5.32 Å². The third kappa shape index (κ3) is 5.33. The number of rotatable bonds is 8. The quantitative estimate of drug-likeness (QED) is 0.706. The Morgan fingerprint density at radius 3 is 2.88 bits per heavy atom. The lowest BCUT2D eigenvalue weighted by Crippen LogP contribution is -2.14. The van der Waals surface area contributed by atoms with E-state index in [0.29, 0.717) is 0 Å². The number of nitrogens with zero attached hydrogens (tertiary/aromatic N) is 2. The Labute approximate surface area is 104 Å². The molecule has 0 fully saturated rings. The lowest BCUT2D eigenvalue weighted by molar-refractivity contribution is 0.0709. The fourth-order valence-electron chi connectivity index (χ4n) is 1.63. The van der Waals surface area contributed by atoms with Crippen LogP contribution in [-0.4, -0.2) is 29.0 Å². The molecular weight excluding hydrogens is 214 g/mol. The number of aromatic nitrogens is 2. The molecule has 0 radical (unpaired) electrons. The number of hydrogen-bond acceptors (Lipinski definition) is 3. The summed E-state index contributed by atoms with van der Waals surface area (Å²) in [5.41, 5.74) is 2.39. The molecule has 1 N–H and O–H groups in total. The van der Waals surface area contributed by atoms with Gasteiger partial charge < -0.3 is 10.1 Å². The molecule has 0 saturated heterocycles. The molecule has 1 heterocycles. The van der Waals surface area contributed by atoms with Crippen LogP contribution in [0, 0.1) is 6.92 Å². The van der Waals surface area contributed by atoms with Crippen LogP contribution in [0.3, 0.4) is 0 Å². The van der Waals surface area contributed by atoms with Crippen molar-refractivity contribution in [3.05, 3.63) is 17.5 Å². The third-order valence-corrected chi connectivity index (χ3v) is 2.56. The molecule has 0 amide bonds. The van der Waals surface area contributed by atoms with Crippen LogP contribution in [0.2, 0.25) is 0 Å². The summed E-state index contributed by atoms with van der Waals surface area (Å²) in [4.78, 5) is 0. The molecule has 0 atom stereocenters. The van der Waals surface area contributed by atoms with Gasteiger partial charge >= 0.3 is 0 Å². The monoisotopic (exact) mass is 239 g/mol. The van der Waals surface area contributed by atoms with Crippen molar-refractivity contribution in [2.24, 2.45) is 0 Å². The summed E-state index contributed by atoms with van der Waals surface area (Å²) < 4.78 is 7.49. The first kappa shape index (κ1) is 14.2. The van der Waals surface area contributed by atoms with Crippen LogP contribution in [0.4, 0.5) is 0 Å². The van der Waals surface area contributed by atoms with E-state index in [1.807, 2.05) is 4.68 Å². The van der Waals surface area contributed by atoms with Gasteiger partial charge in [-0.3, -0.25) is 4.68 Å². The van der Waals surface area contributed by atoms with Crippen LogP contribution in [0.5, 0.6) is 0 Å². The van der Waals surface area contributed by atoms with Gasteiger partial charge in [0.05, 0.1) is 24.9 Å². The highest BCUT2D eigenvalue weighted by Gasteiger charge is 2.04. The molecule has 1 aromatic heterocycles. The highest BCUT2D eigenvalue weighted by Crippen LogP contribution is 2.05. The first-order valence-electron chi connectivity index (χ1n) is 6.48. The van der Waals surface area contributed by atoms with Gasteiger partial charge in [0.1, 0.15) is 0 Å². The van der Waals surface area contributed by atoms with Crippen LogP contribution in [-0.2, 0) is 17.8 Å². The summed E-state index contributed by atoms with van der Waals surface area (Å²) in [5.74, 6) is 0. The van der Waals surface area contributed by atoms with Crippen molar-refractivity contribution in [3.8, 4) is 0 Å². The predicted octanol–water partition coefficient (Wildman–Crippen LogP) is 2.12. The topological polar surface area (TPSA) is 39.1 Å². The molecule has 0 saturated carbocycles. The molecular formula is C13H25N3O.